The summed E-state index contributed by atoms with van der Waals surface area (Å²) < 4.78 is 7.61. The van der Waals surface area contributed by atoms with E-state index in [2.05, 4.69) is 22.5 Å². The first kappa shape index (κ1) is 25.4. The first-order valence-corrected chi connectivity index (χ1v) is 13.1. The molecule has 5 rings (SSSR count). The lowest BCUT2D eigenvalue weighted by Crippen LogP contribution is -2.42. The van der Waals surface area contributed by atoms with Crippen molar-refractivity contribution >= 4 is 22.8 Å². The zero-order chi connectivity index (χ0) is 26.5. The summed E-state index contributed by atoms with van der Waals surface area (Å²) in [5.41, 5.74) is 5.86. The molecule has 1 amide bonds. The Morgan fingerprint density at radius 2 is 1.89 bits per heavy atom. The molecule has 0 fully saturated rings. The number of hydrogen-bond donors (Lipinski definition) is 2. The number of aryl methyl sites for hydroxylation is 4. The van der Waals surface area contributed by atoms with Crippen LogP contribution in [0.25, 0.3) is 10.9 Å². The highest BCUT2D eigenvalue weighted by atomic mass is 16.5. The van der Waals surface area contributed by atoms with Gasteiger partial charge in [0.25, 0.3) is 5.91 Å². The fourth-order valence-electron chi connectivity index (χ4n) is 4.91. The first-order chi connectivity index (χ1) is 18.5. The predicted octanol–water partition coefficient (Wildman–Crippen LogP) is 4.28. The number of hydrogen-bond acceptors (Lipinski definition) is 5. The van der Waals surface area contributed by atoms with E-state index in [1.165, 1.54) is 24.1 Å². The van der Waals surface area contributed by atoms with Crippen LogP contribution in [0.4, 0.5) is 0 Å². The van der Waals surface area contributed by atoms with Crippen molar-refractivity contribution in [2.75, 3.05) is 6.61 Å². The molecule has 4 aromatic rings. The highest BCUT2D eigenvalue weighted by Gasteiger charge is 2.21. The Hall–Kier alpha value is -4.20. The molecule has 0 saturated heterocycles. The number of carbonyl (C=O) groups excluding carboxylic acids is 1. The van der Waals surface area contributed by atoms with Crippen LogP contribution in [0, 0.1) is 0 Å². The minimum atomic E-state index is -1.09. The van der Waals surface area contributed by atoms with Crippen molar-refractivity contribution in [3.8, 4) is 5.75 Å². The molecule has 8 heteroatoms. The number of aromatic nitrogens is 3. The van der Waals surface area contributed by atoms with Crippen LogP contribution in [0.5, 0.6) is 5.75 Å². The number of nitrogens with zero attached hydrogens (tertiary/aromatic N) is 3. The smallest absolute Gasteiger partial charge is 0.326 e. The van der Waals surface area contributed by atoms with Gasteiger partial charge in [0.2, 0.25) is 0 Å². The van der Waals surface area contributed by atoms with Crippen LogP contribution in [0.2, 0.25) is 0 Å². The van der Waals surface area contributed by atoms with E-state index in [-0.39, 0.29) is 6.42 Å². The second-order valence-electron chi connectivity index (χ2n) is 9.82. The van der Waals surface area contributed by atoms with Crippen molar-refractivity contribution in [2.45, 2.75) is 51.0 Å². The van der Waals surface area contributed by atoms with E-state index in [0.717, 1.165) is 53.6 Å². The SMILES string of the molecule is Cn1ncc2cc(C(=O)NC(Cc3ccc(OCCCc4ccc5c(n4)CCCC5)cc3)C(=O)O)ccc21. The Balaban J connectivity index is 1.11. The lowest BCUT2D eigenvalue weighted by Gasteiger charge is -2.16. The molecule has 0 spiro atoms. The summed E-state index contributed by atoms with van der Waals surface area (Å²) in [4.78, 5) is 29.4. The van der Waals surface area contributed by atoms with Crippen LogP contribution in [-0.4, -0.2) is 44.4 Å². The van der Waals surface area contributed by atoms with Crippen LogP contribution >= 0.6 is 0 Å². The lowest BCUT2D eigenvalue weighted by atomic mass is 9.95. The third-order valence-corrected chi connectivity index (χ3v) is 7.06. The zero-order valence-corrected chi connectivity index (χ0v) is 21.5. The number of pyridine rings is 1. The van der Waals surface area contributed by atoms with Crippen molar-refractivity contribution in [3.05, 3.63) is 88.9 Å². The fraction of sp³-hybridized carbons (Fsp3) is 0.333. The standard InChI is InChI=1S/C30H32N4O4/c1-34-28-15-11-22(18-23(28)19-31-34)29(35)33-27(30(36)37)17-20-8-13-25(14-9-20)38-16-4-6-24-12-10-21-5-2-3-7-26(21)32-24/h8-15,18-19,27H,2-7,16-17H2,1H3,(H,33,35)(H,36,37). The quantitative estimate of drug-likeness (QED) is 0.307. The van der Waals surface area contributed by atoms with Crippen LogP contribution in [0.15, 0.2) is 60.8 Å². The van der Waals surface area contributed by atoms with Crippen molar-refractivity contribution < 1.29 is 19.4 Å². The molecule has 1 aliphatic rings. The highest BCUT2D eigenvalue weighted by molar-refractivity contribution is 5.99. The number of rotatable bonds is 10. The molecule has 0 saturated carbocycles. The number of carbonyl (C=O) groups is 2. The van der Waals surface area contributed by atoms with Crippen LogP contribution in [0.1, 0.15) is 52.1 Å². The molecule has 2 heterocycles. The van der Waals surface area contributed by atoms with Gasteiger partial charge in [-0.3, -0.25) is 14.5 Å². The van der Waals surface area contributed by atoms with Gasteiger partial charge in [0, 0.05) is 35.8 Å². The van der Waals surface area contributed by atoms with E-state index in [4.69, 9.17) is 9.72 Å². The number of nitrogens with one attached hydrogen (secondary N) is 1. The molecular formula is C30H32N4O4. The summed E-state index contributed by atoms with van der Waals surface area (Å²) in [6.07, 6.45) is 8.30. The number of carboxylic acid groups (broad SMARTS) is 1. The molecule has 1 unspecified atom stereocenters. The van der Waals surface area contributed by atoms with E-state index in [1.54, 1.807) is 29.1 Å². The van der Waals surface area contributed by atoms with E-state index in [9.17, 15) is 14.7 Å². The van der Waals surface area contributed by atoms with Gasteiger partial charge >= 0.3 is 5.97 Å². The topological polar surface area (TPSA) is 106 Å². The summed E-state index contributed by atoms with van der Waals surface area (Å²) in [5.74, 6) is -0.790. The summed E-state index contributed by atoms with van der Waals surface area (Å²) in [6, 6.07) is 15.8. The van der Waals surface area contributed by atoms with Gasteiger partial charge in [-0.05, 0) is 86.1 Å². The van der Waals surface area contributed by atoms with Gasteiger partial charge in [0.15, 0.2) is 0 Å². The van der Waals surface area contributed by atoms with Crippen molar-refractivity contribution in [1.29, 1.82) is 0 Å². The molecule has 2 N–H and O–H groups in total. The maximum Gasteiger partial charge on any atom is 0.326 e. The van der Waals surface area contributed by atoms with Crippen LogP contribution in [-0.2, 0) is 37.5 Å². The van der Waals surface area contributed by atoms with Gasteiger partial charge in [-0.1, -0.05) is 18.2 Å². The summed E-state index contributed by atoms with van der Waals surface area (Å²) >= 11 is 0. The van der Waals surface area contributed by atoms with E-state index in [1.807, 2.05) is 31.3 Å². The van der Waals surface area contributed by atoms with Crippen molar-refractivity contribution in [1.82, 2.24) is 20.1 Å². The monoisotopic (exact) mass is 512 g/mol. The molecule has 0 aliphatic heterocycles. The average molecular weight is 513 g/mol. The Bertz CT molecular complexity index is 1440. The maximum absolute atomic E-state index is 12.7. The molecule has 2 aromatic carbocycles. The summed E-state index contributed by atoms with van der Waals surface area (Å²) in [5, 5.41) is 17.3. The summed E-state index contributed by atoms with van der Waals surface area (Å²) in [7, 11) is 1.83. The van der Waals surface area contributed by atoms with Gasteiger partial charge in [-0.25, -0.2) is 4.79 Å². The molecule has 38 heavy (non-hydrogen) atoms. The third kappa shape index (κ3) is 6.02. The van der Waals surface area contributed by atoms with Gasteiger partial charge in [0.05, 0.1) is 18.3 Å². The van der Waals surface area contributed by atoms with Crippen LogP contribution < -0.4 is 10.1 Å². The minimum absolute atomic E-state index is 0.167. The number of benzene rings is 2. The van der Waals surface area contributed by atoms with E-state index >= 15 is 0 Å². The second-order valence-corrected chi connectivity index (χ2v) is 9.82. The van der Waals surface area contributed by atoms with Gasteiger partial charge in [0.1, 0.15) is 11.8 Å². The van der Waals surface area contributed by atoms with Crippen molar-refractivity contribution in [2.24, 2.45) is 7.05 Å². The molecule has 2 aromatic heterocycles. The molecule has 0 radical (unpaired) electrons. The van der Waals surface area contributed by atoms with Crippen molar-refractivity contribution in [3.63, 3.8) is 0 Å². The third-order valence-electron chi connectivity index (χ3n) is 7.06. The van der Waals surface area contributed by atoms with Gasteiger partial charge in [-0.2, -0.15) is 5.10 Å². The molecule has 196 valence electrons. The number of amides is 1. The molecule has 1 atom stereocenters. The van der Waals surface area contributed by atoms with Crippen LogP contribution in [0.3, 0.4) is 0 Å². The fourth-order valence-corrected chi connectivity index (χ4v) is 4.91. The largest absolute Gasteiger partial charge is 0.494 e. The maximum atomic E-state index is 12.7. The zero-order valence-electron chi connectivity index (χ0n) is 21.5. The Labute approximate surface area is 221 Å². The average Bonchev–Trinajstić information content (AvgIpc) is 3.31. The molecule has 1 aliphatic carbocycles. The Kier molecular flexibility index (Phi) is 7.67. The highest BCUT2D eigenvalue weighted by Crippen LogP contribution is 2.20. The predicted molar refractivity (Wildman–Crippen MR) is 144 cm³/mol. The molecule has 8 nitrogen and oxygen atoms in total. The summed E-state index contributed by atoms with van der Waals surface area (Å²) in [6.45, 7) is 0.577. The Morgan fingerprint density at radius 3 is 2.71 bits per heavy atom. The van der Waals surface area contributed by atoms with Gasteiger partial charge < -0.3 is 15.2 Å². The van der Waals surface area contributed by atoms with E-state index in [0.29, 0.717) is 12.2 Å². The number of aliphatic carboxylic acids is 1. The molecular weight excluding hydrogens is 480 g/mol. The number of ether oxygens (including phenoxy) is 1. The van der Waals surface area contributed by atoms with E-state index < -0.39 is 17.9 Å². The second kappa shape index (κ2) is 11.5. The lowest BCUT2D eigenvalue weighted by molar-refractivity contribution is -0.139. The normalized spacial score (nSPS) is 13.6. The minimum Gasteiger partial charge on any atom is -0.494 e. The number of carboxylic acids is 1. The number of fused-ring (bicyclic) bond motifs is 2. The first-order valence-electron chi connectivity index (χ1n) is 13.1. The Morgan fingerprint density at radius 1 is 1.08 bits per heavy atom. The molecule has 0 bridgehead atoms. The van der Waals surface area contributed by atoms with Gasteiger partial charge in [-0.15, -0.1) is 0 Å².